The third kappa shape index (κ3) is 2.29. The molecule has 3 N–H and O–H groups in total. The van der Waals surface area contributed by atoms with E-state index in [1.54, 1.807) is 11.3 Å². The number of nitrogens with two attached hydrogens (primary N) is 1. The molecule has 1 rings (SSSR count). The lowest BCUT2D eigenvalue weighted by atomic mass is 10.2. The van der Waals surface area contributed by atoms with Gasteiger partial charge in [0.2, 0.25) is 0 Å². The minimum absolute atomic E-state index is 0.0388. The highest BCUT2D eigenvalue weighted by molar-refractivity contribution is 9.10. The van der Waals surface area contributed by atoms with E-state index in [0.717, 1.165) is 9.35 Å². The normalized spacial score (nSPS) is 13.3. The molecule has 12 heavy (non-hydrogen) atoms. The Labute approximate surface area is 84.5 Å². The Balaban J connectivity index is 2.79. The van der Waals surface area contributed by atoms with Crippen LogP contribution < -0.4 is 5.73 Å². The summed E-state index contributed by atoms with van der Waals surface area (Å²) in [6.45, 7) is 2.19. The van der Waals surface area contributed by atoms with Gasteiger partial charge in [0.25, 0.3) is 0 Å². The van der Waals surface area contributed by atoms with Gasteiger partial charge in [0.05, 0.1) is 0 Å². The number of rotatable bonds is 3. The molecule has 0 fully saturated rings. The first kappa shape index (κ1) is 10.2. The van der Waals surface area contributed by atoms with Crippen molar-refractivity contribution in [1.82, 2.24) is 0 Å². The Bertz CT molecular complexity index is 262. The van der Waals surface area contributed by atoms with Gasteiger partial charge in [-0.3, -0.25) is 0 Å². The van der Waals surface area contributed by atoms with Gasteiger partial charge in [-0.05, 0) is 35.3 Å². The summed E-state index contributed by atoms with van der Waals surface area (Å²) in [6, 6.07) is 2.01. The highest BCUT2D eigenvalue weighted by Crippen LogP contribution is 2.32. The van der Waals surface area contributed by atoms with E-state index in [1.807, 2.05) is 6.92 Å². The molecular formula is C8H12BrNOS. The van der Waals surface area contributed by atoms with Crippen LogP contribution in [0.4, 0.5) is 0 Å². The molecule has 1 aromatic rings. The second-order valence-electron chi connectivity index (χ2n) is 2.69. The van der Waals surface area contributed by atoms with Crippen molar-refractivity contribution in [2.45, 2.75) is 19.4 Å². The largest absolute Gasteiger partial charge is 0.396 e. The predicted octanol–water partition coefficient (Wildman–Crippen LogP) is 2.20. The third-order valence-electron chi connectivity index (χ3n) is 1.61. The number of thiophene rings is 1. The summed E-state index contributed by atoms with van der Waals surface area (Å²) in [7, 11) is 0. The molecule has 0 amide bonds. The van der Waals surface area contributed by atoms with Crippen molar-refractivity contribution in [3.05, 3.63) is 20.3 Å². The summed E-state index contributed by atoms with van der Waals surface area (Å²) in [5.41, 5.74) is 5.84. The molecule has 1 aromatic heterocycles. The molecule has 0 aromatic carbocycles. The van der Waals surface area contributed by atoms with E-state index in [-0.39, 0.29) is 12.6 Å². The maximum Gasteiger partial charge on any atom is 0.0449 e. The van der Waals surface area contributed by atoms with Crippen molar-refractivity contribution in [3.8, 4) is 0 Å². The lowest BCUT2D eigenvalue weighted by Gasteiger charge is -2.07. The lowest BCUT2D eigenvalue weighted by Crippen LogP contribution is -2.10. The van der Waals surface area contributed by atoms with Gasteiger partial charge in [-0.2, -0.15) is 0 Å². The Hall–Kier alpha value is 0.1000. The molecule has 0 aliphatic rings. The van der Waals surface area contributed by atoms with E-state index in [2.05, 4.69) is 22.0 Å². The molecule has 0 spiro atoms. The average Bonchev–Trinajstić information content (AvgIpc) is 2.30. The zero-order chi connectivity index (χ0) is 9.14. The highest BCUT2D eigenvalue weighted by atomic mass is 79.9. The summed E-state index contributed by atoms with van der Waals surface area (Å²) in [4.78, 5) is 2.37. The standard InChI is InChI=1S/C8H12BrNOS/c1-5-4-6(9)8(12-5)7(10)2-3-11/h4,7,11H,2-3,10H2,1H3. The van der Waals surface area contributed by atoms with Crippen LogP contribution in [0.2, 0.25) is 0 Å². The molecule has 0 aliphatic heterocycles. The van der Waals surface area contributed by atoms with E-state index in [1.165, 1.54) is 4.88 Å². The first-order valence-corrected chi connectivity index (χ1v) is 5.38. The summed E-state index contributed by atoms with van der Waals surface area (Å²) in [5.74, 6) is 0. The quantitative estimate of drug-likeness (QED) is 0.863. The Kier molecular flexibility index (Phi) is 3.71. The molecule has 0 aliphatic carbocycles. The number of aryl methyl sites for hydroxylation is 1. The van der Waals surface area contributed by atoms with Crippen molar-refractivity contribution in [1.29, 1.82) is 0 Å². The topological polar surface area (TPSA) is 46.2 Å². The van der Waals surface area contributed by atoms with Gasteiger partial charge in [0.15, 0.2) is 0 Å². The van der Waals surface area contributed by atoms with E-state index in [0.29, 0.717) is 6.42 Å². The van der Waals surface area contributed by atoms with Crippen LogP contribution in [0.3, 0.4) is 0 Å². The van der Waals surface area contributed by atoms with Crippen LogP contribution >= 0.6 is 27.3 Å². The Morgan fingerprint density at radius 3 is 2.83 bits per heavy atom. The maximum atomic E-state index is 8.71. The fourth-order valence-electron chi connectivity index (χ4n) is 1.02. The van der Waals surface area contributed by atoms with Gasteiger partial charge in [-0.1, -0.05) is 0 Å². The molecule has 1 unspecified atom stereocenters. The van der Waals surface area contributed by atoms with Crippen LogP contribution in [-0.4, -0.2) is 11.7 Å². The van der Waals surface area contributed by atoms with Crippen LogP contribution in [0.5, 0.6) is 0 Å². The number of hydrogen-bond acceptors (Lipinski definition) is 3. The molecule has 1 atom stereocenters. The summed E-state index contributed by atoms with van der Waals surface area (Å²) in [6.07, 6.45) is 0.624. The lowest BCUT2D eigenvalue weighted by molar-refractivity contribution is 0.277. The van der Waals surface area contributed by atoms with Gasteiger partial charge >= 0.3 is 0 Å². The van der Waals surface area contributed by atoms with E-state index in [4.69, 9.17) is 10.8 Å². The van der Waals surface area contributed by atoms with E-state index < -0.39 is 0 Å². The highest BCUT2D eigenvalue weighted by Gasteiger charge is 2.11. The van der Waals surface area contributed by atoms with Crippen LogP contribution in [-0.2, 0) is 0 Å². The van der Waals surface area contributed by atoms with Crippen molar-refractivity contribution >= 4 is 27.3 Å². The first-order valence-electron chi connectivity index (χ1n) is 3.77. The Morgan fingerprint density at radius 1 is 1.75 bits per heavy atom. The van der Waals surface area contributed by atoms with Gasteiger partial charge in [0, 0.05) is 26.9 Å². The van der Waals surface area contributed by atoms with E-state index in [9.17, 15) is 0 Å². The summed E-state index contributed by atoms with van der Waals surface area (Å²) >= 11 is 5.12. The van der Waals surface area contributed by atoms with Gasteiger partial charge in [-0.15, -0.1) is 11.3 Å². The molecule has 68 valence electrons. The van der Waals surface area contributed by atoms with Gasteiger partial charge in [0.1, 0.15) is 0 Å². The second-order valence-corrected chi connectivity index (χ2v) is 4.83. The van der Waals surface area contributed by atoms with Crippen LogP contribution in [0.1, 0.15) is 22.2 Å². The summed E-state index contributed by atoms with van der Waals surface area (Å²) < 4.78 is 1.06. The molecule has 2 nitrogen and oxygen atoms in total. The monoisotopic (exact) mass is 249 g/mol. The predicted molar refractivity (Wildman–Crippen MR) is 55.4 cm³/mol. The van der Waals surface area contributed by atoms with Crippen LogP contribution in [0, 0.1) is 6.92 Å². The average molecular weight is 250 g/mol. The number of halogens is 1. The number of aliphatic hydroxyl groups is 1. The fraction of sp³-hybridized carbons (Fsp3) is 0.500. The molecule has 0 radical (unpaired) electrons. The van der Waals surface area contributed by atoms with Crippen LogP contribution in [0.15, 0.2) is 10.5 Å². The smallest absolute Gasteiger partial charge is 0.0449 e. The third-order valence-corrected chi connectivity index (χ3v) is 3.71. The van der Waals surface area contributed by atoms with Crippen molar-refractivity contribution < 1.29 is 5.11 Å². The summed E-state index contributed by atoms with van der Waals surface area (Å²) in [5, 5.41) is 8.71. The molecular weight excluding hydrogens is 238 g/mol. The second kappa shape index (κ2) is 4.37. The van der Waals surface area contributed by atoms with Gasteiger partial charge in [-0.25, -0.2) is 0 Å². The number of aliphatic hydroxyl groups excluding tert-OH is 1. The molecule has 4 heteroatoms. The number of hydrogen-bond donors (Lipinski definition) is 2. The zero-order valence-electron chi connectivity index (χ0n) is 6.88. The first-order chi connectivity index (χ1) is 5.65. The fourth-order valence-corrected chi connectivity index (χ4v) is 3.01. The molecule has 0 saturated carbocycles. The van der Waals surface area contributed by atoms with Crippen molar-refractivity contribution in [2.24, 2.45) is 5.73 Å². The zero-order valence-corrected chi connectivity index (χ0v) is 9.28. The van der Waals surface area contributed by atoms with Gasteiger partial charge < -0.3 is 10.8 Å². The van der Waals surface area contributed by atoms with E-state index >= 15 is 0 Å². The minimum atomic E-state index is -0.0388. The molecule has 0 saturated heterocycles. The van der Waals surface area contributed by atoms with Crippen LogP contribution in [0.25, 0.3) is 0 Å². The SMILES string of the molecule is Cc1cc(Br)c(C(N)CCO)s1. The maximum absolute atomic E-state index is 8.71. The molecule has 1 heterocycles. The molecule has 0 bridgehead atoms. The van der Waals surface area contributed by atoms with Crippen molar-refractivity contribution in [2.75, 3.05) is 6.61 Å². The Morgan fingerprint density at radius 2 is 2.42 bits per heavy atom. The minimum Gasteiger partial charge on any atom is -0.396 e. The van der Waals surface area contributed by atoms with Crippen molar-refractivity contribution in [3.63, 3.8) is 0 Å².